The zero-order valence-electron chi connectivity index (χ0n) is 16.5. The molecule has 1 aliphatic rings. The minimum absolute atomic E-state index is 0.242. The maximum absolute atomic E-state index is 11.0. The van der Waals surface area contributed by atoms with Gasteiger partial charge in [-0.15, -0.1) is 0 Å². The number of anilines is 1. The molecule has 3 rings (SSSR count). The van der Waals surface area contributed by atoms with Crippen LogP contribution in [0, 0.1) is 0 Å². The van der Waals surface area contributed by atoms with E-state index in [1.165, 1.54) is 23.9 Å². The van der Waals surface area contributed by atoms with Gasteiger partial charge in [0.1, 0.15) is 6.61 Å². The first-order valence-electron chi connectivity index (χ1n) is 9.78. The summed E-state index contributed by atoms with van der Waals surface area (Å²) in [5, 5.41) is 4.09. The van der Waals surface area contributed by atoms with E-state index in [1.807, 2.05) is 6.07 Å². The molecule has 28 heavy (non-hydrogen) atoms. The van der Waals surface area contributed by atoms with Gasteiger partial charge < -0.3 is 18.9 Å². The van der Waals surface area contributed by atoms with Gasteiger partial charge in [-0.1, -0.05) is 36.4 Å². The molecule has 6 nitrogen and oxygen atoms in total. The second kappa shape index (κ2) is 10.1. The standard InChI is InChI=1S/C22H28N2O4/c1-17-15-24(21-10-6-5-9-20(17)21)12-7-3-4-8-18-14-19(28-23-18)16-27-13-11-22(25)26-2/h5-6,9-10,14H,1,3-4,7-8,11-13,15-16H2,2H3. The minimum Gasteiger partial charge on any atom is -0.469 e. The third-order valence-electron chi connectivity index (χ3n) is 4.90. The lowest BCUT2D eigenvalue weighted by Gasteiger charge is -2.18. The molecule has 0 spiro atoms. The normalized spacial score (nSPS) is 13.0. The number of rotatable bonds is 11. The number of carbonyl (C=O) groups excluding carboxylic acids is 1. The van der Waals surface area contributed by atoms with Crippen LogP contribution in [0.4, 0.5) is 5.69 Å². The molecule has 150 valence electrons. The Hall–Kier alpha value is -2.60. The minimum atomic E-state index is -0.278. The Balaban J connectivity index is 1.30. The van der Waals surface area contributed by atoms with Crippen LogP contribution in [0.3, 0.4) is 0 Å². The van der Waals surface area contributed by atoms with E-state index in [2.05, 4.69) is 45.6 Å². The lowest BCUT2D eigenvalue weighted by atomic mass is 10.1. The molecule has 0 atom stereocenters. The molecule has 0 N–H and O–H groups in total. The predicted octanol–water partition coefficient (Wildman–Crippen LogP) is 4.00. The van der Waals surface area contributed by atoms with E-state index < -0.39 is 0 Å². The summed E-state index contributed by atoms with van der Waals surface area (Å²) in [6, 6.07) is 10.4. The van der Waals surface area contributed by atoms with Crippen LogP contribution in [0.2, 0.25) is 0 Å². The molecule has 2 aromatic rings. The molecular formula is C22H28N2O4. The fraction of sp³-hybridized carbons (Fsp3) is 0.455. The van der Waals surface area contributed by atoms with Gasteiger partial charge in [-0.05, 0) is 30.9 Å². The summed E-state index contributed by atoms with van der Waals surface area (Å²) in [5.74, 6) is 0.409. The number of fused-ring (bicyclic) bond motifs is 1. The van der Waals surface area contributed by atoms with Gasteiger partial charge >= 0.3 is 5.97 Å². The first-order chi connectivity index (χ1) is 13.7. The van der Waals surface area contributed by atoms with Gasteiger partial charge in [0, 0.05) is 30.4 Å². The van der Waals surface area contributed by atoms with Crippen molar-refractivity contribution in [1.29, 1.82) is 0 Å². The van der Waals surface area contributed by atoms with Crippen molar-refractivity contribution in [2.75, 3.05) is 31.7 Å². The van der Waals surface area contributed by atoms with Crippen LogP contribution in [0.1, 0.15) is 42.7 Å². The van der Waals surface area contributed by atoms with Crippen LogP contribution >= 0.6 is 0 Å². The molecule has 0 bridgehead atoms. The Morgan fingerprint density at radius 2 is 2.14 bits per heavy atom. The zero-order valence-corrected chi connectivity index (χ0v) is 16.5. The molecule has 0 unspecified atom stereocenters. The quantitative estimate of drug-likeness (QED) is 0.431. The molecule has 0 saturated carbocycles. The number of unbranched alkanes of at least 4 members (excludes halogenated alkanes) is 2. The Kier molecular flexibility index (Phi) is 7.25. The average molecular weight is 384 g/mol. The topological polar surface area (TPSA) is 64.8 Å². The Bertz CT molecular complexity index is 799. The summed E-state index contributed by atoms with van der Waals surface area (Å²) in [6.07, 6.45) is 4.50. The Morgan fingerprint density at radius 3 is 3.00 bits per heavy atom. The molecule has 0 fully saturated rings. The van der Waals surface area contributed by atoms with Gasteiger partial charge in [0.15, 0.2) is 5.76 Å². The first kappa shape index (κ1) is 20.1. The molecular weight excluding hydrogens is 356 g/mol. The highest BCUT2D eigenvalue weighted by Crippen LogP contribution is 2.34. The number of methoxy groups -OCH3 is 1. The average Bonchev–Trinajstić information content (AvgIpc) is 3.29. The van der Waals surface area contributed by atoms with Gasteiger partial charge in [0.25, 0.3) is 0 Å². The van der Waals surface area contributed by atoms with Crippen molar-refractivity contribution >= 4 is 17.2 Å². The highest BCUT2D eigenvalue weighted by Gasteiger charge is 2.20. The van der Waals surface area contributed by atoms with E-state index >= 15 is 0 Å². The summed E-state index contributed by atoms with van der Waals surface area (Å²) in [6.45, 7) is 6.80. The molecule has 1 aromatic carbocycles. The van der Waals surface area contributed by atoms with Crippen molar-refractivity contribution in [1.82, 2.24) is 5.16 Å². The van der Waals surface area contributed by atoms with Crippen molar-refractivity contribution in [2.45, 2.75) is 38.7 Å². The number of para-hydroxylation sites is 1. The molecule has 1 aromatic heterocycles. The zero-order chi connectivity index (χ0) is 19.8. The molecule has 0 radical (unpaired) electrons. The van der Waals surface area contributed by atoms with Crippen molar-refractivity contribution in [3.63, 3.8) is 0 Å². The van der Waals surface area contributed by atoms with Crippen molar-refractivity contribution in [3.8, 4) is 0 Å². The fourth-order valence-electron chi connectivity index (χ4n) is 3.41. The number of carbonyl (C=O) groups is 1. The van der Waals surface area contributed by atoms with Crippen LogP contribution < -0.4 is 4.90 Å². The summed E-state index contributed by atoms with van der Waals surface area (Å²) >= 11 is 0. The second-order valence-corrected chi connectivity index (χ2v) is 7.02. The van der Waals surface area contributed by atoms with Gasteiger partial charge in [-0.3, -0.25) is 4.79 Å². The maximum Gasteiger partial charge on any atom is 0.307 e. The van der Waals surface area contributed by atoms with Gasteiger partial charge in [0.2, 0.25) is 0 Å². The smallest absolute Gasteiger partial charge is 0.307 e. The summed E-state index contributed by atoms with van der Waals surface area (Å²) in [7, 11) is 1.37. The van der Waals surface area contributed by atoms with Crippen molar-refractivity contribution in [2.24, 2.45) is 0 Å². The van der Waals surface area contributed by atoms with E-state index in [1.54, 1.807) is 0 Å². The van der Waals surface area contributed by atoms with E-state index in [-0.39, 0.29) is 12.4 Å². The number of aromatic nitrogens is 1. The largest absolute Gasteiger partial charge is 0.469 e. The van der Waals surface area contributed by atoms with Gasteiger partial charge in [-0.2, -0.15) is 0 Å². The van der Waals surface area contributed by atoms with Gasteiger partial charge in [-0.25, -0.2) is 0 Å². The number of hydrogen-bond donors (Lipinski definition) is 0. The molecule has 0 saturated heterocycles. The Morgan fingerprint density at radius 1 is 1.29 bits per heavy atom. The van der Waals surface area contributed by atoms with Crippen LogP contribution in [0.25, 0.3) is 5.57 Å². The number of nitrogens with zero attached hydrogens (tertiary/aromatic N) is 2. The van der Waals surface area contributed by atoms with Gasteiger partial charge in [0.05, 0.1) is 25.8 Å². The highest BCUT2D eigenvalue weighted by atomic mass is 16.5. The third-order valence-corrected chi connectivity index (χ3v) is 4.90. The number of benzene rings is 1. The number of aryl methyl sites for hydroxylation is 1. The van der Waals surface area contributed by atoms with Crippen molar-refractivity contribution < 1.29 is 18.8 Å². The van der Waals surface area contributed by atoms with Crippen LogP contribution in [-0.2, 0) is 27.3 Å². The van der Waals surface area contributed by atoms with E-state index in [0.717, 1.165) is 44.5 Å². The molecule has 6 heteroatoms. The lowest BCUT2D eigenvalue weighted by molar-refractivity contribution is -0.142. The van der Waals surface area contributed by atoms with Crippen LogP contribution in [0.5, 0.6) is 0 Å². The van der Waals surface area contributed by atoms with E-state index in [0.29, 0.717) is 19.0 Å². The summed E-state index contributed by atoms with van der Waals surface area (Å²) < 4.78 is 15.2. The van der Waals surface area contributed by atoms with E-state index in [4.69, 9.17) is 9.26 Å². The molecule has 2 heterocycles. The number of ether oxygens (including phenoxy) is 2. The second-order valence-electron chi connectivity index (χ2n) is 7.02. The Labute approximate surface area is 166 Å². The fourth-order valence-corrected chi connectivity index (χ4v) is 3.41. The summed E-state index contributed by atoms with van der Waals surface area (Å²) in [4.78, 5) is 13.4. The number of esters is 1. The molecule has 0 aliphatic carbocycles. The highest BCUT2D eigenvalue weighted by molar-refractivity contribution is 5.84. The predicted molar refractivity (Wildman–Crippen MR) is 108 cm³/mol. The maximum atomic E-state index is 11.0. The molecule has 1 aliphatic heterocycles. The first-order valence-corrected chi connectivity index (χ1v) is 9.78. The SMILES string of the molecule is C=C1CN(CCCCCc2cc(COCCC(=O)OC)on2)c2ccccc21. The third kappa shape index (κ3) is 5.45. The van der Waals surface area contributed by atoms with Crippen molar-refractivity contribution in [3.05, 3.63) is 53.9 Å². The van der Waals surface area contributed by atoms with E-state index in [9.17, 15) is 4.79 Å². The lowest BCUT2D eigenvalue weighted by Crippen LogP contribution is -2.21. The molecule has 0 amide bonds. The van der Waals surface area contributed by atoms with Crippen LogP contribution in [-0.4, -0.2) is 37.9 Å². The summed E-state index contributed by atoms with van der Waals surface area (Å²) in [5.41, 5.74) is 4.75. The number of hydrogen-bond acceptors (Lipinski definition) is 6. The van der Waals surface area contributed by atoms with Crippen LogP contribution in [0.15, 0.2) is 41.4 Å². The monoisotopic (exact) mass is 384 g/mol.